The van der Waals surface area contributed by atoms with Crippen molar-refractivity contribution in [3.8, 4) is 11.8 Å². The van der Waals surface area contributed by atoms with Crippen molar-refractivity contribution in [1.29, 1.82) is 0 Å². The molecular weight excluding hydrogens is 207 g/mol. The summed E-state index contributed by atoms with van der Waals surface area (Å²) < 4.78 is 17.6. The van der Waals surface area contributed by atoms with Crippen LogP contribution in [-0.2, 0) is 0 Å². The van der Waals surface area contributed by atoms with Gasteiger partial charge in [-0.3, -0.25) is 0 Å². The Kier molecular flexibility index (Phi) is 3.04. The molecule has 1 unspecified atom stereocenters. The van der Waals surface area contributed by atoms with Crippen LogP contribution in [0.3, 0.4) is 0 Å². The van der Waals surface area contributed by atoms with Crippen LogP contribution in [0.25, 0.3) is 0 Å². The zero-order valence-corrected chi connectivity index (χ0v) is 8.35. The molecule has 80 valence electrons. The Bertz CT molecular complexity index is 503. The predicted molar refractivity (Wildman–Crippen MR) is 56.9 cm³/mol. The third-order valence-electron chi connectivity index (χ3n) is 2.01. The average Bonchev–Trinajstić information content (AvgIpc) is 2.81. The highest BCUT2D eigenvalue weighted by atomic mass is 19.1. The van der Waals surface area contributed by atoms with Crippen LogP contribution in [0.2, 0.25) is 0 Å². The number of rotatable bonds is 1. The van der Waals surface area contributed by atoms with Crippen molar-refractivity contribution >= 4 is 0 Å². The minimum atomic E-state index is -0.958. The standard InChI is InChI=1S/C13H9FO2/c14-11-6-3-10(4-7-11)5-8-12(15)13-2-1-9-16-13/h1-4,6-7,9,12,15H. The summed E-state index contributed by atoms with van der Waals surface area (Å²) in [4.78, 5) is 0. The van der Waals surface area contributed by atoms with Crippen molar-refractivity contribution in [1.82, 2.24) is 0 Å². The maximum Gasteiger partial charge on any atom is 0.173 e. The summed E-state index contributed by atoms with van der Waals surface area (Å²) in [5.74, 6) is 5.43. The van der Waals surface area contributed by atoms with Gasteiger partial charge in [-0.2, -0.15) is 0 Å². The molecule has 3 heteroatoms. The molecule has 0 amide bonds. The molecule has 0 aliphatic heterocycles. The lowest BCUT2D eigenvalue weighted by molar-refractivity contribution is 0.206. The van der Waals surface area contributed by atoms with Crippen LogP contribution < -0.4 is 0 Å². The number of hydrogen-bond acceptors (Lipinski definition) is 2. The topological polar surface area (TPSA) is 33.4 Å². The zero-order valence-electron chi connectivity index (χ0n) is 8.35. The summed E-state index contributed by atoms with van der Waals surface area (Å²) in [6.07, 6.45) is 0.512. The van der Waals surface area contributed by atoms with E-state index in [1.165, 1.54) is 18.4 Å². The fraction of sp³-hybridized carbons (Fsp3) is 0.0769. The van der Waals surface area contributed by atoms with Gasteiger partial charge in [-0.05, 0) is 36.4 Å². The molecule has 0 saturated heterocycles. The molecule has 0 aliphatic carbocycles. The van der Waals surface area contributed by atoms with Crippen LogP contribution in [0.1, 0.15) is 17.4 Å². The molecule has 0 saturated carbocycles. The van der Waals surface area contributed by atoms with E-state index in [0.717, 1.165) is 0 Å². The summed E-state index contributed by atoms with van der Waals surface area (Å²) in [5.41, 5.74) is 0.645. The SMILES string of the molecule is OC(C#Cc1ccc(F)cc1)c1ccco1. The molecule has 1 atom stereocenters. The molecule has 16 heavy (non-hydrogen) atoms. The van der Waals surface area contributed by atoms with Crippen LogP contribution in [0.5, 0.6) is 0 Å². The van der Waals surface area contributed by atoms with Gasteiger partial charge in [0.1, 0.15) is 11.6 Å². The normalized spacial score (nSPS) is 11.6. The van der Waals surface area contributed by atoms with E-state index in [4.69, 9.17) is 4.42 Å². The maximum atomic E-state index is 12.6. The Morgan fingerprint density at radius 3 is 2.56 bits per heavy atom. The Hall–Kier alpha value is -2.05. The Morgan fingerprint density at radius 2 is 1.94 bits per heavy atom. The van der Waals surface area contributed by atoms with Gasteiger partial charge in [-0.1, -0.05) is 11.8 Å². The molecule has 0 radical (unpaired) electrons. The van der Waals surface area contributed by atoms with E-state index in [2.05, 4.69) is 11.8 Å². The van der Waals surface area contributed by atoms with Gasteiger partial charge in [0.2, 0.25) is 0 Å². The molecule has 2 aromatic rings. The highest BCUT2D eigenvalue weighted by Gasteiger charge is 2.05. The number of aliphatic hydroxyl groups is 1. The Balaban J connectivity index is 2.13. The highest BCUT2D eigenvalue weighted by molar-refractivity contribution is 5.35. The smallest absolute Gasteiger partial charge is 0.173 e. The quantitative estimate of drug-likeness (QED) is 0.743. The largest absolute Gasteiger partial charge is 0.466 e. The summed E-state index contributed by atoms with van der Waals surface area (Å²) in [7, 11) is 0. The number of hydrogen-bond donors (Lipinski definition) is 1. The fourth-order valence-electron chi connectivity index (χ4n) is 1.20. The lowest BCUT2D eigenvalue weighted by atomic mass is 10.2. The van der Waals surface area contributed by atoms with Crippen molar-refractivity contribution in [2.24, 2.45) is 0 Å². The van der Waals surface area contributed by atoms with Crippen molar-refractivity contribution < 1.29 is 13.9 Å². The summed E-state index contributed by atoms with van der Waals surface area (Å²) in [6, 6.07) is 9.07. The number of benzene rings is 1. The third kappa shape index (κ3) is 2.50. The van der Waals surface area contributed by atoms with Crippen LogP contribution in [0.4, 0.5) is 4.39 Å². The predicted octanol–water partition coefficient (Wildman–Crippen LogP) is 2.50. The van der Waals surface area contributed by atoms with Crippen LogP contribution >= 0.6 is 0 Å². The molecule has 0 fully saturated rings. The van der Waals surface area contributed by atoms with Gasteiger partial charge in [-0.15, -0.1) is 0 Å². The molecule has 0 aliphatic rings. The van der Waals surface area contributed by atoms with Crippen LogP contribution in [0.15, 0.2) is 47.1 Å². The zero-order chi connectivity index (χ0) is 11.4. The van der Waals surface area contributed by atoms with Crippen molar-refractivity contribution in [3.05, 3.63) is 59.8 Å². The monoisotopic (exact) mass is 216 g/mol. The molecule has 0 bridgehead atoms. The molecule has 1 N–H and O–H groups in total. The van der Waals surface area contributed by atoms with E-state index in [9.17, 15) is 9.50 Å². The number of aliphatic hydroxyl groups excluding tert-OH is 1. The lowest BCUT2D eigenvalue weighted by Gasteiger charge is -1.96. The first-order chi connectivity index (χ1) is 7.75. The first-order valence-corrected chi connectivity index (χ1v) is 4.74. The molecule has 0 spiro atoms. The second-order valence-electron chi connectivity index (χ2n) is 3.19. The van der Waals surface area contributed by atoms with Gasteiger partial charge >= 0.3 is 0 Å². The maximum absolute atomic E-state index is 12.6. The summed E-state index contributed by atoms with van der Waals surface area (Å²) in [6.45, 7) is 0. The summed E-state index contributed by atoms with van der Waals surface area (Å²) in [5, 5.41) is 9.58. The number of halogens is 1. The third-order valence-corrected chi connectivity index (χ3v) is 2.01. The van der Waals surface area contributed by atoms with E-state index in [1.54, 1.807) is 24.3 Å². The Morgan fingerprint density at radius 1 is 1.19 bits per heavy atom. The van der Waals surface area contributed by atoms with Gasteiger partial charge in [0.05, 0.1) is 6.26 Å². The first kappa shape index (κ1) is 10.5. The van der Waals surface area contributed by atoms with Crippen LogP contribution in [-0.4, -0.2) is 5.11 Å². The average molecular weight is 216 g/mol. The number of furan rings is 1. The van der Waals surface area contributed by atoms with E-state index in [-0.39, 0.29) is 5.82 Å². The molecule has 2 rings (SSSR count). The minimum absolute atomic E-state index is 0.308. The second-order valence-corrected chi connectivity index (χ2v) is 3.19. The highest BCUT2D eigenvalue weighted by Crippen LogP contribution is 2.11. The van der Waals surface area contributed by atoms with Gasteiger partial charge in [-0.25, -0.2) is 4.39 Å². The van der Waals surface area contributed by atoms with Crippen molar-refractivity contribution in [2.45, 2.75) is 6.10 Å². The minimum Gasteiger partial charge on any atom is -0.466 e. The first-order valence-electron chi connectivity index (χ1n) is 4.74. The van der Waals surface area contributed by atoms with Crippen molar-refractivity contribution in [3.63, 3.8) is 0 Å². The van der Waals surface area contributed by atoms with E-state index in [1.807, 2.05) is 0 Å². The molecule has 1 heterocycles. The lowest BCUT2D eigenvalue weighted by Crippen LogP contribution is -1.90. The van der Waals surface area contributed by atoms with Gasteiger partial charge in [0, 0.05) is 5.56 Å². The molecule has 1 aromatic carbocycles. The molecule has 1 aromatic heterocycles. The van der Waals surface area contributed by atoms with E-state index in [0.29, 0.717) is 11.3 Å². The second kappa shape index (κ2) is 4.65. The Labute approximate surface area is 92.3 Å². The van der Waals surface area contributed by atoms with Crippen LogP contribution in [0, 0.1) is 17.7 Å². The fourth-order valence-corrected chi connectivity index (χ4v) is 1.20. The summed E-state index contributed by atoms with van der Waals surface area (Å²) >= 11 is 0. The van der Waals surface area contributed by atoms with E-state index < -0.39 is 6.10 Å². The van der Waals surface area contributed by atoms with Crippen molar-refractivity contribution in [2.75, 3.05) is 0 Å². The van der Waals surface area contributed by atoms with Gasteiger partial charge in [0.15, 0.2) is 6.10 Å². The van der Waals surface area contributed by atoms with Gasteiger partial charge in [0.25, 0.3) is 0 Å². The molecular formula is C13H9FO2. The van der Waals surface area contributed by atoms with Gasteiger partial charge < -0.3 is 9.52 Å². The molecule has 2 nitrogen and oxygen atoms in total. The van der Waals surface area contributed by atoms with E-state index >= 15 is 0 Å².